The molecule has 0 fully saturated rings. The van der Waals surface area contributed by atoms with Gasteiger partial charge in [-0.15, -0.1) is 0 Å². The van der Waals surface area contributed by atoms with Crippen LogP contribution in [0.2, 0.25) is 5.02 Å². The molecule has 0 bridgehead atoms. The molecular formula is C14H13ClN4O4S. The minimum absolute atomic E-state index is 0.110. The zero-order valence-corrected chi connectivity index (χ0v) is 13.7. The summed E-state index contributed by atoms with van der Waals surface area (Å²) in [5, 5.41) is 9.89. The van der Waals surface area contributed by atoms with Gasteiger partial charge in [-0.3, -0.25) is 9.59 Å². The second kappa shape index (κ2) is 6.87. The van der Waals surface area contributed by atoms with E-state index in [9.17, 15) is 18.0 Å². The van der Waals surface area contributed by atoms with E-state index in [1.54, 1.807) is 0 Å². The molecule has 0 saturated heterocycles. The Bertz CT molecular complexity index is 897. The van der Waals surface area contributed by atoms with Gasteiger partial charge in [-0.1, -0.05) is 11.6 Å². The molecule has 0 radical (unpaired) electrons. The zero-order chi connectivity index (χ0) is 17.9. The molecule has 8 nitrogen and oxygen atoms in total. The molecule has 0 aliphatic rings. The molecule has 0 spiro atoms. The Morgan fingerprint density at radius 2 is 1.42 bits per heavy atom. The molecule has 0 saturated carbocycles. The summed E-state index contributed by atoms with van der Waals surface area (Å²) in [7, 11) is -3.83. The fourth-order valence-electron chi connectivity index (χ4n) is 1.71. The molecule has 0 aliphatic carbocycles. The van der Waals surface area contributed by atoms with E-state index in [0.717, 1.165) is 0 Å². The van der Waals surface area contributed by atoms with E-state index in [2.05, 4.69) is 10.6 Å². The van der Waals surface area contributed by atoms with E-state index in [1.807, 2.05) is 0 Å². The van der Waals surface area contributed by atoms with Gasteiger partial charge in [0.25, 0.3) is 0 Å². The minimum atomic E-state index is -3.83. The van der Waals surface area contributed by atoms with Gasteiger partial charge in [0.2, 0.25) is 10.0 Å². The number of nitrogen functional groups attached to an aromatic ring is 1. The molecule has 6 N–H and O–H groups in total. The van der Waals surface area contributed by atoms with Crippen molar-refractivity contribution in [3.63, 3.8) is 0 Å². The maximum atomic E-state index is 11.8. The van der Waals surface area contributed by atoms with Crippen molar-refractivity contribution in [2.45, 2.75) is 4.90 Å². The van der Waals surface area contributed by atoms with Crippen LogP contribution < -0.4 is 21.5 Å². The third-order valence-electron chi connectivity index (χ3n) is 2.91. The number of carbonyl (C=O) groups excluding carboxylic acids is 2. The Kier molecular flexibility index (Phi) is 5.07. The van der Waals surface area contributed by atoms with Crippen molar-refractivity contribution < 1.29 is 18.0 Å². The predicted molar refractivity (Wildman–Crippen MR) is 90.9 cm³/mol. The monoisotopic (exact) mass is 368 g/mol. The number of amides is 2. The van der Waals surface area contributed by atoms with Crippen LogP contribution in [-0.4, -0.2) is 20.2 Å². The van der Waals surface area contributed by atoms with E-state index in [0.29, 0.717) is 11.4 Å². The molecule has 10 heteroatoms. The molecule has 0 aliphatic heterocycles. The van der Waals surface area contributed by atoms with E-state index < -0.39 is 21.8 Å². The SMILES string of the molecule is Nc1ccc(NC(=O)C(=O)Nc2ccc(S(N)(=O)=O)cc2)cc1Cl. The fourth-order valence-corrected chi connectivity index (χ4v) is 2.40. The topological polar surface area (TPSA) is 144 Å². The molecule has 0 heterocycles. The third kappa shape index (κ3) is 4.44. The average Bonchev–Trinajstić information content (AvgIpc) is 2.50. The van der Waals surface area contributed by atoms with Crippen molar-refractivity contribution in [1.82, 2.24) is 0 Å². The van der Waals surface area contributed by atoms with Gasteiger partial charge in [-0.2, -0.15) is 0 Å². The van der Waals surface area contributed by atoms with E-state index in [1.165, 1.54) is 42.5 Å². The molecule has 2 amide bonds. The molecule has 0 atom stereocenters. The Morgan fingerprint density at radius 1 is 0.917 bits per heavy atom. The molecule has 0 aromatic heterocycles. The Hall–Kier alpha value is -2.62. The Morgan fingerprint density at radius 3 is 1.92 bits per heavy atom. The van der Waals surface area contributed by atoms with Crippen LogP contribution in [-0.2, 0) is 19.6 Å². The highest BCUT2D eigenvalue weighted by Crippen LogP contribution is 2.22. The highest BCUT2D eigenvalue weighted by molar-refractivity contribution is 7.89. The number of primary sulfonamides is 1. The maximum absolute atomic E-state index is 11.8. The molecule has 126 valence electrons. The van der Waals surface area contributed by atoms with Crippen molar-refractivity contribution in [2.75, 3.05) is 16.4 Å². The lowest BCUT2D eigenvalue weighted by Gasteiger charge is -2.08. The number of hydrogen-bond acceptors (Lipinski definition) is 5. The molecular weight excluding hydrogens is 356 g/mol. The normalized spacial score (nSPS) is 10.9. The van der Waals surface area contributed by atoms with Crippen molar-refractivity contribution >= 4 is 50.5 Å². The largest absolute Gasteiger partial charge is 0.398 e. The van der Waals surface area contributed by atoms with E-state index >= 15 is 0 Å². The molecule has 2 aromatic carbocycles. The zero-order valence-electron chi connectivity index (χ0n) is 12.1. The summed E-state index contributed by atoms with van der Waals surface area (Å²) < 4.78 is 22.3. The minimum Gasteiger partial charge on any atom is -0.398 e. The summed E-state index contributed by atoms with van der Waals surface area (Å²) in [4.78, 5) is 23.5. The number of sulfonamides is 1. The first-order chi connectivity index (χ1) is 11.2. The third-order valence-corrected chi connectivity index (χ3v) is 4.16. The van der Waals surface area contributed by atoms with Crippen LogP contribution >= 0.6 is 11.6 Å². The van der Waals surface area contributed by atoms with E-state index in [4.69, 9.17) is 22.5 Å². The second-order valence-electron chi connectivity index (χ2n) is 4.71. The molecule has 2 rings (SSSR count). The van der Waals surface area contributed by atoms with Gasteiger partial charge in [-0.05, 0) is 42.5 Å². The van der Waals surface area contributed by atoms with Gasteiger partial charge in [0.05, 0.1) is 15.6 Å². The van der Waals surface area contributed by atoms with Gasteiger partial charge < -0.3 is 16.4 Å². The Balaban J connectivity index is 2.03. The van der Waals surface area contributed by atoms with Crippen LogP contribution in [0.15, 0.2) is 47.4 Å². The number of halogens is 1. The average molecular weight is 369 g/mol. The lowest BCUT2D eigenvalue weighted by Crippen LogP contribution is -2.29. The number of rotatable bonds is 3. The number of nitrogens with two attached hydrogens (primary N) is 2. The van der Waals surface area contributed by atoms with Crippen LogP contribution in [0.25, 0.3) is 0 Å². The summed E-state index contributed by atoms with van der Waals surface area (Å²) in [5.74, 6) is -1.86. The van der Waals surface area contributed by atoms with Crippen molar-refractivity contribution in [1.29, 1.82) is 0 Å². The molecule has 2 aromatic rings. The summed E-state index contributed by atoms with van der Waals surface area (Å²) in [6, 6.07) is 9.43. The number of benzene rings is 2. The van der Waals surface area contributed by atoms with Crippen LogP contribution in [0, 0.1) is 0 Å². The summed E-state index contributed by atoms with van der Waals surface area (Å²) in [5.41, 5.74) is 6.43. The van der Waals surface area contributed by atoms with Crippen LogP contribution in [0.5, 0.6) is 0 Å². The lowest BCUT2D eigenvalue weighted by atomic mass is 10.3. The Labute approximate surface area is 142 Å². The molecule has 24 heavy (non-hydrogen) atoms. The first-order valence-corrected chi connectivity index (χ1v) is 8.39. The fraction of sp³-hybridized carbons (Fsp3) is 0. The maximum Gasteiger partial charge on any atom is 0.314 e. The van der Waals surface area contributed by atoms with E-state index in [-0.39, 0.29) is 15.6 Å². The quantitative estimate of drug-likeness (QED) is 0.474. The molecule has 0 unspecified atom stereocenters. The van der Waals surface area contributed by atoms with Gasteiger partial charge in [0, 0.05) is 11.4 Å². The standard InChI is InChI=1S/C14H13ClN4O4S/c15-11-7-9(3-6-12(11)16)19-14(21)13(20)18-8-1-4-10(5-2-8)24(17,22)23/h1-7H,16H2,(H,18,20)(H,19,21)(H2,17,22,23). The number of anilines is 3. The summed E-state index contributed by atoms with van der Waals surface area (Å²) >= 11 is 5.82. The van der Waals surface area contributed by atoms with Gasteiger partial charge in [-0.25, -0.2) is 13.6 Å². The first kappa shape index (κ1) is 17.7. The smallest absolute Gasteiger partial charge is 0.314 e. The highest BCUT2D eigenvalue weighted by atomic mass is 35.5. The van der Waals surface area contributed by atoms with Gasteiger partial charge in [0.1, 0.15) is 0 Å². The second-order valence-corrected chi connectivity index (χ2v) is 6.68. The van der Waals surface area contributed by atoms with Crippen molar-refractivity contribution in [3.05, 3.63) is 47.5 Å². The highest BCUT2D eigenvalue weighted by Gasteiger charge is 2.15. The predicted octanol–water partition coefficient (Wildman–Crippen LogP) is 1.15. The summed E-state index contributed by atoms with van der Waals surface area (Å²) in [6.45, 7) is 0. The number of carbonyl (C=O) groups is 2. The van der Waals surface area contributed by atoms with Crippen LogP contribution in [0.1, 0.15) is 0 Å². The van der Waals surface area contributed by atoms with Crippen LogP contribution in [0.4, 0.5) is 17.1 Å². The number of nitrogens with one attached hydrogen (secondary N) is 2. The lowest BCUT2D eigenvalue weighted by molar-refractivity contribution is -0.132. The number of hydrogen-bond donors (Lipinski definition) is 4. The van der Waals surface area contributed by atoms with Gasteiger partial charge in [0.15, 0.2) is 0 Å². The summed E-state index contributed by atoms with van der Waals surface area (Å²) in [6.07, 6.45) is 0. The first-order valence-electron chi connectivity index (χ1n) is 6.47. The van der Waals surface area contributed by atoms with Crippen LogP contribution in [0.3, 0.4) is 0 Å². The van der Waals surface area contributed by atoms with Gasteiger partial charge >= 0.3 is 11.8 Å². The van der Waals surface area contributed by atoms with Crippen molar-refractivity contribution in [2.24, 2.45) is 5.14 Å². The van der Waals surface area contributed by atoms with Crippen molar-refractivity contribution in [3.8, 4) is 0 Å².